The monoisotopic (exact) mass is 369 g/mol. The number of carbonyl (C=O) groups is 2. The van der Waals surface area contributed by atoms with E-state index in [-0.39, 0.29) is 18.6 Å². The first kappa shape index (κ1) is 17.1. The van der Waals surface area contributed by atoms with E-state index >= 15 is 0 Å². The molecule has 0 radical (unpaired) electrons. The summed E-state index contributed by atoms with van der Waals surface area (Å²) in [4.78, 5) is 35.5. The molecular formula is C19H19N3O3S. The number of aromatic nitrogens is 2. The molecule has 134 valence electrons. The van der Waals surface area contributed by atoms with Crippen molar-refractivity contribution in [1.29, 1.82) is 5.26 Å². The van der Waals surface area contributed by atoms with Crippen LogP contribution >= 0.6 is 11.3 Å². The second-order valence-corrected chi connectivity index (χ2v) is 8.14. The zero-order valence-corrected chi connectivity index (χ0v) is 15.4. The number of ketones is 1. The number of rotatable bonds is 2. The maximum Gasteiger partial charge on any atom is 0.316 e. The Bertz CT molecular complexity index is 937. The lowest BCUT2D eigenvalue weighted by molar-refractivity contribution is -0.151. The van der Waals surface area contributed by atoms with Crippen LogP contribution in [-0.4, -0.2) is 28.8 Å². The molecule has 7 heteroatoms. The molecule has 0 spiro atoms. The van der Waals surface area contributed by atoms with Gasteiger partial charge in [-0.25, -0.2) is 9.97 Å². The molecule has 2 aliphatic carbocycles. The first-order valence-corrected chi connectivity index (χ1v) is 9.69. The molecule has 4 rings (SSSR count). The van der Waals surface area contributed by atoms with Gasteiger partial charge in [-0.1, -0.05) is 0 Å². The zero-order valence-electron chi connectivity index (χ0n) is 14.6. The number of thiophene rings is 1. The average Bonchev–Trinajstić information content (AvgIpc) is 3.07. The molecule has 2 heterocycles. The lowest BCUT2D eigenvalue weighted by Crippen LogP contribution is -2.41. The van der Waals surface area contributed by atoms with Crippen molar-refractivity contribution < 1.29 is 14.3 Å². The molecule has 0 N–H and O–H groups in total. The molecule has 2 atom stereocenters. The molecule has 2 aliphatic rings. The molecule has 1 saturated carbocycles. The Labute approximate surface area is 155 Å². The predicted octanol–water partition coefficient (Wildman–Crippen LogP) is 2.87. The summed E-state index contributed by atoms with van der Waals surface area (Å²) in [6.45, 7) is 0. The van der Waals surface area contributed by atoms with Crippen LogP contribution in [0, 0.1) is 17.2 Å². The summed E-state index contributed by atoms with van der Waals surface area (Å²) in [5.74, 6) is -1.61. The maximum absolute atomic E-state index is 12.2. The summed E-state index contributed by atoms with van der Waals surface area (Å²) in [5.41, 5.74) is 0.985. The van der Waals surface area contributed by atoms with Gasteiger partial charge in [-0.15, -0.1) is 11.3 Å². The number of aryl methyl sites for hydroxylation is 2. The standard InChI is InChI=1S/C19H19N3O3S/c1-25-18(24)12-8-19(9-20,7-6-13(12)23)16-15-11-4-2-3-5-14(11)26-17(15)22-10-21-16/h10,12H,2-8H2,1H3. The van der Waals surface area contributed by atoms with Crippen molar-refractivity contribution >= 4 is 33.3 Å². The van der Waals surface area contributed by atoms with Gasteiger partial charge >= 0.3 is 5.97 Å². The van der Waals surface area contributed by atoms with Crippen molar-refractivity contribution in [2.45, 2.75) is 50.4 Å². The number of carbonyl (C=O) groups excluding carboxylic acids is 2. The Hall–Kier alpha value is -2.33. The third kappa shape index (κ3) is 2.52. The number of ether oxygens (including phenoxy) is 1. The predicted molar refractivity (Wildman–Crippen MR) is 95.7 cm³/mol. The molecule has 2 unspecified atom stereocenters. The van der Waals surface area contributed by atoms with Crippen LogP contribution < -0.4 is 0 Å². The fraction of sp³-hybridized carbons (Fsp3) is 0.526. The molecule has 2 aromatic heterocycles. The van der Waals surface area contributed by atoms with Gasteiger partial charge in [-0.2, -0.15) is 5.26 Å². The van der Waals surface area contributed by atoms with Crippen molar-refractivity contribution in [3.63, 3.8) is 0 Å². The normalized spacial score (nSPS) is 25.5. The van der Waals surface area contributed by atoms with Crippen LogP contribution in [0.15, 0.2) is 6.33 Å². The van der Waals surface area contributed by atoms with Gasteiger partial charge in [-0.05, 0) is 44.1 Å². The molecule has 26 heavy (non-hydrogen) atoms. The van der Waals surface area contributed by atoms with E-state index in [0.29, 0.717) is 12.1 Å². The number of fused-ring (bicyclic) bond motifs is 3. The molecule has 2 aromatic rings. The van der Waals surface area contributed by atoms with Gasteiger partial charge in [0.15, 0.2) is 0 Å². The number of Topliss-reactive ketones (excluding diaryl/α,β-unsaturated/α-hetero) is 1. The summed E-state index contributed by atoms with van der Waals surface area (Å²) in [6.07, 6.45) is 6.50. The Kier molecular flexibility index (Phi) is 4.23. The number of nitriles is 1. The molecule has 0 aliphatic heterocycles. The molecule has 1 fully saturated rings. The van der Waals surface area contributed by atoms with Gasteiger partial charge in [0.2, 0.25) is 0 Å². The largest absolute Gasteiger partial charge is 0.468 e. The number of nitrogens with zero attached hydrogens (tertiary/aromatic N) is 3. The Balaban J connectivity index is 1.87. The molecule has 6 nitrogen and oxygen atoms in total. The molecular weight excluding hydrogens is 350 g/mol. The highest BCUT2D eigenvalue weighted by molar-refractivity contribution is 7.18. The summed E-state index contributed by atoms with van der Waals surface area (Å²) in [6, 6.07) is 2.41. The number of hydrogen-bond donors (Lipinski definition) is 0. The van der Waals surface area contributed by atoms with Gasteiger partial charge in [-0.3, -0.25) is 9.59 Å². The SMILES string of the molecule is COC(=O)C1CC(C#N)(c2ncnc3sc4c(c23)CCCC4)CCC1=O. The minimum Gasteiger partial charge on any atom is -0.468 e. The molecule has 0 amide bonds. The molecule has 0 saturated heterocycles. The van der Waals surface area contributed by atoms with Crippen molar-refractivity contribution in [3.05, 3.63) is 22.5 Å². The van der Waals surface area contributed by atoms with Crippen LogP contribution in [0.4, 0.5) is 0 Å². The van der Waals surface area contributed by atoms with E-state index in [4.69, 9.17) is 4.74 Å². The van der Waals surface area contributed by atoms with E-state index in [1.807, 2.05) is 0 Å². The number of esters is 1. The van der Waals surface area contributed by atoms with Crippen LogP contribution in [0.2, 0.25) is 0 Å². The van der Waals surface area contributed by atoms with Crippen molar-refractivity contribution in [2.75, 3.05) is 7.11 Å². The minimum atomic E-state index is -0.958. The molecule has 0 aromatic carbocycles. The number of methoxy groups -OCH3 is 1. The summed E-state index contributed by atoms with van der Waals surface area (Å²) >= 11 is 1.68. The zero-order chi connectivity index (χ0) is 18.3. The van der Waals surface area contributed by atoms with Crippen molar-refractivity contribution in [3.8, 4) is 6.07 Å². The van der Waals surface area contributed by atoms with Gasteiger partial charge in [0.05, 0.1) is 18.9 Å². The van der Waals surface area contributed by atoms with E-state index in [2.05, 4.69) is 16.0 Å². The Morgan fingerprint density at radius 2 is 2.15 bits per heavy atom. The Morgan fingerprint density at radius 3 is 2.92 bits per heavy atom. The lowest BCUT2D eigenvalue weighted by atomic mass is 9.67. The fourth-order valence-electron chi connectivity index (χ4n) is 4.25. The second kappa shape index (κ2) is 6.44. The van der Waals surface area contributed by atoms with Crippen molar-refractivity contribution in [1.82, 2.24) is 9.97 Å². The fourth-order valence-corrected chi connectivity index (χ4v) is 5.48. The summed E-state index contributed by atoms with van der Waals surface area (Å²) in [7, 11) is 1.27. The van der Waals surface area contributed by atoms with Crippen LogP contribution in [0.25, 0.3) is 10.2 Å². The van der Waals surface area contributed by atoms with E-state index in [1.165, 1.54) is 30.3 Å². The van der Waals surface area contributed by atoms with E-state index in [9.17, 15) is 14.9 Å². The van der Waals surface area contributed by atoms with Crippen LogP contribution in [0.5, 0.6) is 0 Å². The minimum absolute atomic E-state index is 0.131. The quantitative estimate of drug-likeness (QED) is 0.597. The number of hydrogen-bond acceptors (Lipinski definition) is 7. The van der Waals surface area contributed by atoms with E-state index < -0.39 is 17.3 Å². The van der Waals surface area contributed by atoms with Gasteiger partial charge < -0.3 is 4.74 Å². The van der Waals surface area contributed by atoms with Gasteiger partial charge in [0.25, 0.3) is 0 Å². The van der Waals surface area contributed by atoms with Gasteiger partial charge in [0, 0.05) is 16.7 Å². The van der Waals surface area contributed by atoms with Crippen LogP contribution in [-0.2, 0) is 32.6 Å². The highest BCUT2D eigenvalue weighted by Crippen LogP contribution is 2.45. The summed E-state index contributed by atoms with van der Waals surface area (Å²) in [5, 5.41) is 11.1. The maximum atomic E-state index is 12.2. The topological polar surface area (TPSA) is 92.9 Å². The first-order valence-electron chi connectivity index (χ1n) is 8.87. The highest BCUT2D eigenvalue weighted by atomic mass is 32.1. The smallest absolute Gasteiger partial charge is 0.316 e. The molecule has 0 bridgehead atoms. The van der Waals surface area contributed by atoms with Crippen molar-refractivity contribution in [2.24, 2.45) is 5.92 Å². The van der Waals surface area contributed by atoms with Crippen LogP contribution in [0.1, 0.15) is 48.2 Å². The summed E-state index contributed by atoms with van der Waals surface area (Å²) < 4.78 is 4.80. The van der Waals surface area contributed by atoms with Crippen LogP contribution in [0.3, 0.4) is 0 Å². The third-order valence-electron chi connectivity index (χ3n) is 5.64. The Morgan fingerprint density at radius 1 is 1.35 bits per heavy atom. The second-order valence-electron chi connectivity index (χ2n) is 7.05. The average molecular weight is 369 g/mol. The first-order chi connectivity index (χ1) is 12.6. The van der Waals surface area contributed by atoms with E-state index in [0.717, 1.165) is 29.5 Å². The third-order valence-corrected chi connectivity index (χ3v) is 6.84. The van der Waals surface area contributed by atoms with E-state index in [1.54, 1.807) is 11.3 Å². The highest BCUT2D eigenvalue weighted by Gasteiger charge is 2.47. The van der Waals surface area contributed by atoms with Gasteiger partial charge in [0.1, 0.15) is 28.3 Å². The lowest BCUT2D eigenvalue weighted by Gasteiger charge is -2.33.